The third-order valence-corrected chi connectivity index (χ3v) is 5.01. The van der Waals surface area contributed by atoms with Gasteiger partial charge in [-0.3, -0.25) is 4.79 Å². The highest BCUT2D eigenvalue weighted by Gasteiger charge is 2.45. The minimum atomic E-state index is -1.73. The zero-order chi connectivity index (χ0) is 22.7. The monoisotopic (exact) mass is 436 g/mol. The van der Waals surface area contributed by atoms with E-state index in [2.05, 4.69) is 0 Å². The Morgan fingerprint density at radius 2 is 1.61 bits per heavy atom. The number of aryl methyl sites for hydroxylation is 1. The van der Waals surface area contributed by atoms with Crippen LogP contribution in [-0.4, -0.2) is 78.8 Å². The molecule has 31 heavy (non-hydrogen) atoms. The summed E-state index contributed by atoms with van der Waals surface area (Å²) in [6, 6.07) is 8.23. The van der Waals surface area contributed by atoms with Crippen molar-refractivity contribution in [1.82, 2.24) is 0 Å². The number of aliphatic hydroxyl groups excluding tert-OH is 4. The Bertz CT molecular complexity index is 911. The van der Waals surface area contributed by atoms with Gasteiger partial charge in [0.15, 0.2) is 5.78 Å². The van der Waals surface area contributed by atoms with Crippen molar-refractivity contribution in [2.75, 3.05) is 6.61 Å². The number of hydrogen-bond donors (Lipinski definition) is 7. The van der Waals surface area contributed by atoms with E-state index in [-0.39, 0.29) is 23.5 Å². The van der Waals surface area contributed by atoms with Gasteiger partial charge in [0.1, 0.15) is 53.0 Å². The lowest BCUT2D eigenvalue weighted by atomic mass is 9.99. The Hall–Kier alpha value is -2.89. The second kappa shape index (κ2) is 9.50. The predicted octanol–water partition coefficient (Wildman–Crippen LogP) is -0.202. The van der Waals surface area contributed by atoms with Gasteiger partial charge in [0.05, 0.1) is 6.61 Å². The fraction of sp³-hybridized carbons (Fsp3) is 0.381. The molecule has 0 amide bonds. The summed E-state index contributed by atoms with van der Waals surface area (Å²) in [6.07, 6.45) is -7.61. The van der Waals surface area contributed by atoms with Crippen LogP contribution in [0.1, 0.15) is 22.3 Å². The number of benzene rings is 2. The molecule has 1 aliphatic rings. The Balaban J connectivity index is 1.82. The van der Waals surface area contributed by atoms with Crippen LogP contribution < -0.4 is 4.74 Å². The highest BCUT2D eigenvalue weighted by molar-refractivity contribution is 6.01. The van der Waals surface area contributed by atoms with Gasteiger partial charge in [-0.05, 0) is 24.1 Å². The molecule has 7 N–H and O–H groups in total. The summed E-state index contributed by atoms with van der Waals surface area (Å²) in [6.45, 7) is -0.672. The number of Topliss-reactive ketones (excluding diaryl/α,β-unsaturated/α-hetero) is 1. The molecule has 0 radical (unpaired) electrons. The molecule has 2 aromatic rings. The maximum absolute atomic E-state index is 12.8. The van der Waals surface area contributed by atoms with E-state index in [0.717, 1.165) is 17.7 Å². The molecule has 0 bridgehead atoms. The van der Waals surface area contributed by atoms with E-state index in [4.69, 9.17) is 9.47 Å². The van der Waals surface area contributed by atoms with Gasteiger partial charge in [-0.15, -0.1) is 0 Å². The van der Waals surface area contributed by atoms with Crippen molar-refractivity contribution in [1.29, 1.82) is 0 Å². The lowest BCUT2D eigenvalue weighted by Gasteiger charge is -2.39. The van der Waals surface area contributed by atoms with E-state index in [0.29, 0.717) is 6.42 Å². The molecule has 1 saturated heterocycles. The minimum Gasteiger partial charge on any atom is -0.508 e. The molecule has 3 rings (SSSR count). The SMILES string of the molecule is O=C(CCc1ccc(O)cc1)c1c(O)cc(O)cc1OC1OC(CO)[C@@H](O)C(O)[C@H]1O. The zero-order valence-corrected chi connectivity index (χ0v) is 16.3. The molecular weight excluding hydrogens is 412 g/mol. The lowest BCUT2D eigenvalue weighted by Crippen LogP contribution is -2.60. The average Bonchev–Trinajstić information content (AvgIpc) is 2.73. The molecule has 2 aromatic carbocycles. The van der Waals surface area contributed by atoms with E-state index < -0.39 is 54.6 Å². The van der Waals surface area contributed by atoms with Crippen LogP contribution in [0.5, 0.6) is 23.0 Å². The normalized spacial score (nSPS) is 25.9. The molecule has 3 unspecified atom stereocenters. The number of hydrogen-bond acceptors (Lipinski definition) is 10. The number of ether oxygens (including phenoxy) is 2. The first-order chi connectivity index (χ1) is 14.7. The molecular formula is C21H24O10. The quantitative estimate of drug-likeness (QED) is 0.288. The van der Waals surface area contributed by atoms with Gasteiger partial charge in [0, 0.05) is 18.6 Å². The van der Waals surface area contributed by atoms with Gasteiger partial charge >= 0.3 is 0 Å². The molecule has 0 aromatic heterocycles. The summed E-state index contributed by atoms with van der Waals surface area (Å²) in [5, 5.41) is 68.6. The smallest absolute Gasteiger partial charge is 0.229 e. The molecule has 0 saturated carbocycles. The molecule has 0 aliphatic carbocycles. The van der Waals surface area contributed by atoms with Gasteiger partial charge in [-0.25, -0.2) is 0 Å². The maximum atomic E-state index is 12.8. The molecule has 10 heteroatoms. The molecule has 168 valence electrons. The number of ketones is 1. The Kier molecular flexibility index (Phi) is 6.98. The summed E-state index contributed by atoms with van der Waals surface area (Å²) in [5.74, 6) is -1.74. The number of carbonyl (C=O) groups is 1. The summed E-state index contributed by atoms with van der Waals surface area (Å²) in [5.41, 5.74) is 0.495. The molecule has 1 fully saturated rings. The highest BCUT2D eigenvalue weighted by Crippen LogP contribution is 2.36. The van der Waals surface area contributed by atoms with Crippen LogP contribution in [0.2, 0.25) is 0 Å². The third kappa shape index (κ3) is 5.06. The van der Waals surface area contributed by atoms with Crippen molar-refractivity contribution in [3.05, 3.63) is 47.5 Å². The van der Waals surface area contributed by atoms with Crippen LogP contribution >= 0.6 is 0 Å². The van der Waals surface area contributed by atoms with Crippen LogP contribution in [-0.2, 0) is 11.2 Å². The number of rotatable bonds is 7. The average molecular weight is 436 g/mol. The zero-order valence-electron chi connectivity index (χ0n) is 16.3. The fourth-order valence-electron chi connectivity index (χ4n) is 3.30. The first kappa shape index (κ1) is 22.8. The number of aliphatic hydroxyl groups is 4. The van der Waals surface area contributed by atoms with Crippen LogP contribution in [0.3, 0.4) is 0 Å². The van der Waals surface area contributed by atoms with E-state index in [1.165, 1.54) is 12.1 Å². The molecule has 0 spiro atoms. The largest absolute Gasteiger partial charge is 0.508 e. The Morgan fingerprint density at radius 1 is 0.935 bits per heavy atom. The Morgan fingerprint density at radius 3 is 2.26 bits per heavy atom. The number of carbonyl (C=O) groups excluding carboxylic acids is 1. The second-order valence-corrected chi connectivity index (χ2v) is 7.24. The van der Waals surface area contributed by atoms with Gasteiger partial charge in [-0.2, -0.15) is 0 Å². The van der Waals surface area contributed by atoms with Crippen molar-refractivity contribution in [3.63, 3.8) is 0 Å². The molecule has 1 aliphatic heterocycles. The van der Waals surface area contributed by atoms with Crippen LogP contribution in [0.4, 0.5) is 0 Å². The van der Waals surface area contributed by atoms with Crippen molar-refractivity contribution in [2.45, 2.75) is 43.5 Å². The summed E-state index contributed by atoms with van der Waals surface area (Å²) < 4.78 is 10.7. The molecule has 10 nitrogen and oxygen atoms in total. The first-order valence-electron chi connectivity index (χ1n) is 9.55. The number of phenols is 3. The van der Waals surface area contributed by atoms with E-state index in [9.17, 15) is 40.5 Å². The lowest BCUT2D eigenvalue weighted by molar-refractivity contribution is -0.277. The van der Waals surface area contributed by atoms with Gasteiger partial charge in [0.25, 0.3) is 0 Å². The maximum Gasteiger partial charge on any atom is 0.229 e. The van der Waals surface area contributed by atoms with Crippen LogP contribution in [0.15, 0.2) is 36.4 Å². The van der Waals surface area contributed by atoms with E-state index >= 15 is 0 Å². The van der Waals surface area contributed by atoms with E-state index in [1.807, 2.05) is 0 Å². The van der Waals surface area contributed by atoms with Crippen LogP contribution in [0, 0.1) is 0 Å². The fourth-order valence-corrected chi connectivity index (χ4v) is 3.30. The third-order valence-electron chi connectivity index (χ3n) is 5.01. The van der Waals surface area contributed by atoms with E-state index in [1.54, 1.807) is 12.1 Å². The van der Waals surface area contributed by atoms with Crippen LogP contribution in [0.25, 0.3) is 0 Å². The van der Waals surface area contributed by atoms with Crippen molar-refractivity contribution in [2.24, 2.45) is 0 Å². The minimum absolute atomic E-state index is 0.0475. The second-order valence-electron chi connectivity index (χ2n) is 7.24. The van der Waals surface area contributed by atoms with Crippen molar-refractivity contribution in [3.8, 4) is 23.0 Å². The van der Waals surface area contributed by atoms with Gasteiger partial charge < -0.3 is 45.2 Å². The number of aromatic hydroxyl groups is 3. The summed E-state index contributed by atoms with van der Waals surface area (Å²) in [7, 11) is 0. The van der Waals surface area contributed by atoms with Gasteiger partial charge in [-0.1, -0.05) is 12.1 Å². The van der Waals surface area contributed by atoms with Crippen molar-refractivity contribution >= 4 is 5.78 Å². The molecule has 5 atom stereocenters. The highest BCUT2D eigenvalue weighted by atomic mass is 16.7. The predicted molar refractivity (Wildman–Crippen MR) is 105 cm³/mol. The van der Waals surface area contributed by atoms with Gasteiger partial charge in [0.2, 0.25) is 6.29 Å². The first-order valence-corrected chi connectivity index (χ1v) is 9.55. The standard InChI is InChI=1S/C21H24O10/c22-9-16-18(27)19(28)20(29)21(31-16)30-15-8-12(24)7-14(26)17(15)13(25)6-3-10-1-4-11(23)5-2-10/h1-2,4-5,7-8,16,18-24,26-29H,3,6,9H2/t16?,18-,19?,20-,21?/m1/s1. The molecule has 1 heterocycles. The summed E-state index contributed by atoms with van der Waals surface area (Å²) >= 11 is 0. The van der Waals surface area contributed by atoms with Crippen molar-refractivity contribution < 1.29 is 50.0 Å². The summed E-state index contributed by atoms with van der Waals surface area (Å²) in [4.78, 5) is 12.8. The Labute approximate surface area is 177 Å². The topological polar surface area (TPSA) is 177 Å². The number of phenolic OH excluding ortho intramolecular Hbond substituents is 3.